The van der Waals surface area contributed by atoms with Crippen molar-refractivity contribution in [1.82, 2.24) is 19.9 Å². The first-order valence-corrected chi connectivity index (χ1v) is 11.1. The summed E-state index contributed by atoms with van der Waals surface area (Å²) in [4.78, 5) is 29.7. The third-order valence-corrected chi connectivity index (χ3v) is 5.79. The van der Waals surface area contributed by atoms with E-state index in [-0.39, 0.29) is 18.3 Å². The number of aromatic nitrogens is 3. The molecule has 3 heterocycles. The Morgan fingerprint density at radius 3 is 2.66 bits per heavy atom. The van der Waals surface area contributed by atoms with E-state index < -0.39 is 17.8 Å². The van der Waals surface area contributed by atoms with Crippen LogP contribution in [0.2, 0.25) is 0 Å². The van der Waals surface area contributed by atoms with E-state index in [2.05, 4.69) is 20.3 Å². The van der Waals surface area contributed by atoms with Gasteiger partial charge in [0.15, 0.2) is 0 Å². The van der Waals surface area contributed by atoms with Gasteiger partial charge in [0.2, 0.25) is 11.8 Å². The van der Waals surface area contributed by atoms with Crippen molar-refractivity contribution in [3.8, 4) is 5.88 Å². The van der Waals surface area contributed by atoms with Gasteiger partial charge in [0, 0.05) is 56.0 Å². The van der Waals surface area contributed by atoms with Gasteiger partial charge in [0.05, 0.1) is 12.7 Å². The monoisotopic (exact) mass is 486 g/mol. The molecule has 35 heavy (non-hydrogen) atoms. The summed E-state index contributed by atoms with van der Waals surface area (Å²) in [7, 11) is 1.54. The minimum Gasteiger partial charge on any atom is -0.481 e. The fourth-order valence-corrected chi connectivity index (χ4v) is 4.00. The summed E-state index contributed by atoms with van der Waals surface area (Å²) in [5.74, 6) is 1.02. The molecule has 0 unspecified atom stereocenters. The number of urea groups is 1. The van der Waals surface area contributed by atoms with Crippen LogP contribution in [-0.4, -0.2) is 52.1 Å². The van der Waals surface area contributed by atoms with Crippen molar-refractivity contribution >= 4 is 17.7 Å². The average molecular weight is 486 g/mol. The van der Waals surface area contributed by atoms with Gasteiger partial charge in [-0.2, -0.15) is 18.2 Å². The molecule has 1 N–H and O–H groups in total. The number of carbonyl (C=O) groups is 1. The van der Waals surface area contributed by atoms with Gasteiger partial charge in [-0.1, -0.05) is 12.1 Å². The van der Waals surface area contributed by atoms with Crippen LogP contribution in [0.5, 0.6) is 5.88 Å². The zero-order chi connectivity index (χ0) is 24.8. The lowest BCUT2D eigenvalue weighted by Crippen LogP contribution is -2.48. The topological polar surface area (TPSA) is 83.5 Å². The minimum atomic E-state index is -4.49. The number of nitrogens with zero attached hydrogens (tertiary/aromatic N) is 5. The van der Waals surface area contributed by atoms with Gasteiger partial charge >= 0.3 is 12.2 Å². The number of benzene rings is 1. The molecule has 2 aromatic heterocycles. The van der Waals surface area contributed by atoms with Crippen molar-refractivity contribution in [3.05, 3.63) is 72.2 Å². The molecule has 1 fully saturated rings. The van der Waals surface area contributed by atoms with Crippen LogP contribution in [0.3, 0.4) is 0 Å². The lowest BCUT2D eigenvalue weighted by Gasteiger charge is -2.38. The number of amides is 2. The van der Waals surface area contributed by atoms with Crippen molar-refractivity contribution in [2.45, 2.75) is 31.6 Å². The predicted octanol–water partition coefficient (Wildman–Crippen LogP) is 4.60. The Morgan fingerprint density at radius 1 is 1.17 bits per heavy atom. The van der Waals surface area contributed by atoms with Crippen molar-refractivity contribution in [2.75, 3.05) is 30.4 Å². The number of methoxy groups -OCH3 is 1. The second-order valence-corrected chi connectivity index (χ2v) is 8.12. The number of piperidine rings is 1. The van der Waals surface area contributed by atoms with Crippen LogP contribution in [0, 0.1) is 0 Å². The van der Waals surface area contributed by atoms with E-state index >= 15 is 0 Å². The Bertz CT molecular complexity index is 1140. The smallest absolute Gasteiger partial charge is 0.416 e. The molecule has 1 aromatic carbocycles. The highest BCUT2D eigenvalue weighted by atomic mass is 19.4. The molecule has 2 amide bonds. The van der Waals surface area contributed by atoms with Crippen LogP contribution in [-0.2, 0) is 12.7 Å². The molecular weight excluding hydrogens is 461 g/mol. The quantitative estimate of drug-likeness (QED) is 0.548. The van der Waals surface area contributed by atoms with Gasteiger partial charge in [-0.05, 0) is 42.7 Å². The standard InChI is InChI=1S/C24H25F3N6O2/c1-35-21-7-11-29-22(31-21)32-12-8-20(9-13-32)33(16-17-4-3-10-28-15-17)23(34)30-19-6-2-5-18(14-19)24(25,26)27/h2-7,10-11,14-15,20H,8-9,12-13,16H2,1H3,(H,30,34). The van der Waals surface area contributed by atoms with Crippen molar-refractivity contribution in [2.24, 2.45) is 0 Å². The molecule has 0 radical (unpaired) electrons. The Morgan fingerprint density at radius 2 is 1.97 bits per heavy atom. The Balaban J connectivity index is 1.49. The van der Waals surface area contributed by atoms with Gasteiger partial charge < -0.3 is 19.9 Å². The highest BCUT2D eigenvalue weighted by Gasteiger charge is 2.32. The fourth-order valence-electron chi connectivity index (χ4n) is 4.00. The molecule has 1 aliphatic rings. The molecular formula is C24H25F3N6O2. The first-order valence-electron chi connectivity index (χ1n) is 11.1. The molecule has 11 heteroatoms. The van der Waals surface area contributed by atoms with E-state index in [4.69, 9.17) is 4.74 Å². The largest absolute Gasteiger partial charge is 0.481 e. The number of pyridine rings is 1. The lowest BCUT2D eigenvalue weighted by molar-refractivity contribution is -0.137. The van der Waals surface area contributed by atoms with Crippen molar-refractivity contribution in [1.29, 1.82) is 0 Å². The van der Waals surface area contributed by atoms with Crippen LogP contribution in [0.1, 0.15) is 24.0 Å². The lowest BCUT2D eigenvalue weighted by atomic mass is 10.0. The number of hydrogen-bond donors (Lipinski definition) is 1. The number of ether oxygens (including phenoxy) is 1. The molecule has 0 saturated carbocycles. The van der Waals surface area contributed by atoms with Gasteiger partial charge in [-0.3, -0.25) is 4.98 Å². The molecule has 0 atom stereocenters. The summed E-state index contributed by atoms with van der Waals surface area (Å²) in [5, 5.41) is 2.64. The number of hydrogen-bond acceptors (Lipinski definition) is 6. The van der Waals surface area contributed by atoms with E-state index in [1.54, 1.807) is 35.6 Å². The van der Waals surface area contributed by atoms with E-state index in [1.165, 1.54) is 19.2 Å². The molecule has 8 nitrogen and oxygen atoms in total. The summed E-state index contributed by atoms with van der Waals surface area (Å²) in [5.41, 5.74) is 0.0918. The maximum absolute atomic E-state index is 13.3. The molecule has 0 spiro atoms. The van der Waals surface area contributed by atoms with Crippen molar-refractivity contribution in [3.63, 3.8) is 0 Å². The van der Waals surface area contributed by atoms with Gasteiger partial charge in [0.1, 0.15) is 0 Å². The normalized spacial score (nSPS) is 14.5. The molecule has 1 aliphatic heterocycles. The van der Waals surface area contributed by atoms with E-state index in [9.17, 15) is 18.0 Å². The minimum absolute atomic E-state index is 0.0863. The van der Waals surface area contributed by atoms with Crippen LogP contribution in [0.4, 0.5) is 29.6 Å². The molecule has 1 saturated heterocycles. The van der Waals surface area contributed by atoms with Crippen LogP contribution < -0.4 is 15.0 Å². The van der Waals surface area contributed by atoms with Crippen LogP contribution in [0.25, 0.3) is 0 Å². The number of rotatable bonds is 6. The number of alkyl halides is 3. The van der Waals surface area contributed by atoms with Crippen molar-refractivity contribution < 1.29 is 22.7 Å². The van der Waals surface area contributed by atoms with E-state index in [0.717, 1.165) is 17.7 Å². The number of anilines is 2. The molecule has 0 bridgehead atoms. The summed E-state index contributed by atoms with van der Waals surface area (Å²) in [6, 6.07) is 9.32. The Hall–Kier alpha value is -3.89. The molecule has 3 aromatic rings. The summed E-state index contributed by atoms with van der Waals surface area (Å²) < 4.78 is 44.5. The highest BCUT2D eigenvalue weighted by molar-refractivity contribution is 5.89. The molecule has 4 rings (SSSR count). The van der Waals surface area contributed by atoms with E-state index in [1.807, 2.05) is 11.0 Å². The maximum Gasteiger partial charge on any atom is 0.416 e. The first kappa shape index (κ1) is 24.2. The van der Waals surface area contributed by atoms with Crippen LogP contribution in [0.15, 0.2) is 61.1 Å². The van der Waals surface area contributed by atoms with E-state index in [0.29, 0.717) is 37.8 Å². The Labute approximate surface area is 200 Å². The summed E-state index contributed by atoms with van der Waals surface area (Å²) in [6.07, 6.45) is 1.72. The number of halogens is 3. The average Bonchev–Trinajstić information content (AvgIpc) is 2.87. The SMILES string of the molecule is COc1ccnc(N2CCC(N(Cc3cccnc3)C(=O)Nc3cccc(C(F)(F)F)c3)CC2)n1. The second kappa shape index (κ2) is 10.6. The highest BCUT2D eigenvalue weighted by Crippen LogP contribution is 2.31. The summed E-state index contributed by atoms with van der Waals surface area (Å²) in [6.45, 7) is 1.50. The van der Waals surface area contributed by atoms with Gasteiger partial charge in [-0.25, -0.2) is 9.78 Å². The van der Waals surface area contributed by atoms with Gasteiger partial charge in [-0.15, -0.1) is 0 Å². The third kappa shape index (κ3) is 6.17. The number of nitrogens with one attached hydrogen (secondary N) is 1. The first-order chi connectivity index (χ1) is 16.8. The summed E-state index contributed by atoms with van der Waals surface area (Å²) >= 11 is 0. The Kier molecular flexibility index (Phi) is 7.33. The predicted molar refractivity (Wildman–Crippen MR) is 124 cm³/mol. The third-order valence-electron chi connectivity index (χ3n) is 5.79. The zero-order valence-electron chi connectivity index (χ0n) is 19.1. The zero-order valence-corrected chi connectivity index (χ0v) is 19.1. The number of carbonyl (C=O) groups excluding carboxylic acids is 1. The van der Waals surface area contributed by atoms with Crippen LogP contribution >= 0.6 is 0 Å². The maximum atomic E-state index is 13.3. The molecule has 184 valence electrons. The fraction of sp³-hybridized carbons (Fsp3) is 0.333. The van der Waals surface area contributed by atoms with Gasteiger partial charge in [0.25, 0.3) is 0 Å². The molecule has 0 aliphatic carbocycles. The second-order valence-electron chi connectivity index (χ2n) is 8.12.